The van der Waals surface area contributed by atoms with Crippen LogP contribution in [0.5, 0.6) is 0 Å². The van der Waals surface area contributed by atoms with E-state index < -0.39 is 0 Å². The van der Waals surface area contributed by atoms with Crippen LogP contribution in [-0.2, 0) is 4.79 Å². The van der Waals surface area contributed by atoms with Crippen molar-refractivity contribution < 1.29 is 4.79 Å². The topological polar surface area (TPSA) is 20.3 Å². The van der Waals surface area contributed by atoms with Crippen molar-refractivity contribution in [1.29, 1.82) is 0 Å². The fourth-order valence-corrected chi connectivity index (χ4v) is 2.77. The smallest absolute Gasteiger partial charge is 0.235 e. The summed E-state index contributed by atoms with van der Waals surface area (Å²) in [6, 6.07) is 0.329. The van der Waals surface area contributed by atoms with Crippen LogP contribution in [0.25, 0.3) is 0 Å². The molecule has 0 aromatic heterocycles. The zero-order valence-electron chi connectivity index (χ0n) is 12.7. The van der Waals surface area contributed by atoms with Gasteiger partial charge in [-0.3, -0.25) is 4.79 Å². The molecule has 0 aromatic rings. The summed E-state index contributed by atoms with van der Waals surface area (Å²) in [5, 5.41) is 0. The Morgan fingerprint density at radius 3 is 2.53 bits per heavy atom. The Morgan fingerprint density at radius 1 is 1.26 bits per heavy atom. The molecule has 0 aliphatic heterocycles. The highest BCUT2D eigenvalue weighted by Gasteiger charge is 2.32. The Hall–Kier alpha value is -1.41. The molecule has 1 unspecified atom stereocenters. The van der Waals surface area contributed by atoms with E-state index in [2.05, 4.69) is 37.5 Å². The van der Waals surface area contributed by atoms with E-state index in [0.717, 1.165) is 12.8 Å². The van der Waals surface area contributed by atoms with Gasteiger partial charge in [0.1, 0.15) is 0 Å². The minimum Gasteiger partial charge on any atom is -0.328 e. The number of amides is 1. The fourth-order valence-electron chi connectivity index (χ4n) is 2.77. The summed E-state index contributed by atoms with van der Waals surface area (Å²) in [6.07, 6.45) is 4.93. The molecule has 19 heavy (non-hydrogen) atoms. The Balaban J connectivity index is 2.78. The largest absolute Gasteiger partial charge is 0.328 e. The number of hydrogen-bond donors (Lipinski definition) is 0. The first kappa shape index (κ1) is 15.6. The van der Waals surface area contributed by atoms with Crippen LogP contribution in [0.3, 0.4) is 0 Å². The van der Waals surface area contributed by atoms with Gasteiger partial charge in [0.05, 0.1) is 13.0 Å². The zero-order chi connectivity index (χ0) is 14.3. The Kier molecular flexibility index (Phi) is 5.97. The molecule has 0 saturated heterocycles. The molecule has 2 nitrogen and oxygen atoms in total. The maximum absolute atomic E-state index is 12.3. The maximum Gasteiger partial charge on any atom is 0.235 e. The fraction of sp³-hybridized carbons (Fsp3) is 0.706. The SMILES string of the molecule is CC#CCC(=O)N(CC#CC)C1CCCC(C)(C)C1. The standard InChI is InChI=1S/C17H25NO/c1-5-7-11-16(19)18(13-8-6-2)15-10-9-12-17(3,4)14-15/h15H,9-14H2,1-4H3. The van der Waals surface area contributed by atoms with Gasteiger partial charge in [-0.15, -0.1) is 11.8 Å². The first-order valence-corrected chi connectivity index (χ1v) is 7.09. The van der Waals surface area contributed by atoms with Crippen LogP contribution in [0.4, 0.5) is 0 Å². The Morgan fingerprint density at radius 2 is 1.95 bits per heavy atom. The molecule has 0 spiro atoms. The molecular formula is C17H25NO. The highest BCUT2D eigenvalue weighted by atomic mass is 16.2. The molecule has 0 N–H and O–H groups in total. The number of carbonyl (C=O) groups excluding carboxylic acids is 1. The summed E-state index contributed by atoms with van der Waals surface area (Å²) in [7, 11) is 0. The van der Waals surface area contributed by atoms with Gasteiger partial charge in [-0.1, -0.05) is 32.1 Å². The van der Waals surface area contributed by atoms with Crippen molar-refractivity contribution in [2.24, 2.45) is 5.41 Å². The predicted molar refractivity (Wildman–Crippen MR) is 79.3 cm³/mol. The lowest BCUT2D eigenvalue weighted by atomic mass is 9.74. The molecule has 1 fully saturated rings. The van der Waals surface area contributed by atoms with Gasteiger partial charge in [-0.25, -0.2) is 0 Å². The van der Waals surface area contributed by atoms with E-state index in [4.69, 9.17) is 0 Å². The minimum atomic E-state index is 0.125. The van der Waals surface area contributed by atoms with Crippen LogP contribution in [0, 0.1) is 29.1 Å². The molecule has 104 valence electrons. The average Bonchev–Trinajstić information content (AvgIpc) is 2.35. The first-order valence-electron chi connectivity index (χ1n) is 7.09. The van der Waals surface area contributed by atoms with Gasteiger partial charge in [-0.2, -0.15) is 0 Å². The lowest BCUT2D eigenvalue weighted by Gasteiger charge is -2.40. The van der Waals surface area contributed by atoms with Crippen molar-refractivity contribution in [2.45, 2.75) is 65.8 Å². The van der Waals surface area contributed by atoms with Gasteiger partial charge in [0, 0.05) is 6.04 Å². The van der Waals surface area contributed by atoms with E-state index in [1.54, 1.807) is 6.92 Å². The van der Waals surface area contributed by atoms with E-state index in [-0.39, 0.29) is 5.91 Å². The molecule has 1 amide bonds. The zero-order valence-corrected chi connectivity index (χ0v) is 12.7. The normalized spacial score (nSPS) is 20.5. The van der Waals surface area contributed by atoms with E-state index >= 15 is 0 Å². The van der Waals surface area contributed by atoms with Gasteiger partial charge in [0.15, 0.2) is 0 Å². The Bertz CT molecular complexity index is 428. The van der Waals surface area contributed by atoms with Gasteiger partial charge < -0.3 is 4.90 Å². The summed E-state index contributed by atoms with van der Waals surface area (Å²) < 4.78 is 0. The number of rotatable bonds is 3. The quantitative estimate of drug-likeness (QED) is 0.713. The molecule has 0 aromatic carbocycles. The van der Waals surface area contributed by atoms with Crippen LogP contribution in [0.1, 0.15) is 59.8 Å². The van der Waals surface area contributed by atoms with Crippen LogP contribution < -0.4 is 0 Å². The van der Waals surface area contributed by atoms with Crippen LogP contribution in [0.2, 0.25) is 0 Å². The van der Waals surface area contributed by atoms with E-state index in [0.29, 0.717) is 24.4 Å². The van der Waals surface area contributed by atoms with Crippen LogP contribution in [0.15, 0.2) is 0 Å². The van der Waals surface area contributed by atoms with Crippen molar-refractivity contribution in [3.8, 4) is 23.7 Å². The van der Waals surface area contributed by atoms with Gasteiger partial charge in [0.25, 0.3) is 0 Å². The molecule has 1 rings (SSSR count). The summed E-state index contributed by atoms with van der Waals surface area (Å²) in [5.74, 6) is 11.7. The van der Waals surface area contributed by atoms with Crippen molar-refractivity contribution in [2.75, 3.05) is 6.54 Å². The van der Waals surface area contributed by atoms with Gasteiger partial charge >= 0.3 is 0 Å². The minimum absolute atomic E-state index is 0.125. The van der Waals surface area contributed by atoms with Crippen molar-refractivity contribution >= 4 is 5.91 Å². The van der Waals surface area contributed by atoms with E-state index in [1.165, 1.54) is 12.8 Å². The van der Waals surface area contributed by atoms with Crippen LogP contribution >= 0.6 is 0 Å². The van der Waals surface area contributed by atoms with Gasteiger partial charge in [0.2, 0.25) is 5.91 Å². The highest BCUT2D eigenvalue weighted by Crippen LogP contribution is 2.37. The molecule has 1 aliphatic carbocycles. The monoisotopic (exact) mass is 259 g/mol. The average molecular weight is 259 g/mol. The molecule has 1 atom stereocenters. The third-order valence-corrected chi connectivity index (χ3v) is 3.78. The molecule has 1 aliphatic rings. The predicted octanol–water partition coefficient (Wildman–Crippen LogP) is 3.22. The van der Waals surface area contributed by atoms with E-state index in [9.17, 15) is 4.79 Å². The van der Waals surface area contributed by atoms with Crippen molar-refractivity contribution in [3.05, 3.63) is 0 Å². The first-order chi connectivity index (χ1) is 9.00. The molecular weight excluding hydrogens is 234 g/mol. The number of carbonyl (C=O) groups is 1. The molecule has 0 bridgehead atoms. The van der Waals surface area contributed by atoms with Crippen LogP contribution in [-0.4, -0.2) is 23.4 Å². The van der Waals surface area contributed by atoms with Crippen molar-refractivity contribution in [1.82, 2.24) is 4.90 Å². The van der Waals surface area contributed by atoms with E-state index in [1.807, 2.05) is 11.8 Å². The molecule has 0 heterocycles. The number of nitrogens with zero attached hydrogens (tertiary/aromatic N) is 1. The summed E-state index contributed by atoms with van der Waals surface area (Å²) in [5.41, 5.74) is 0.331. The lowest BCUT2D eigenvalue weighted by molar-refractivity contribution is -0.133. The highest BCUT2D eigenvalue weighted by molar-refractivity contribution is 5.79. The summed E-state index contributed by atoms with van der Waals surface area (Å²) >= 11 is 0. The van der Waals surface area contributed by atoms with Crippen molar-refractivity contribution in [3.63, 3.8) is 0 Å². The second kappa shape index (κ2) is 7.25. The third kappa shape index (κ3) is 4.99. The second-order valence-corrected chi connectivity index (χ2v) is 5.97. The van der Waals surface area contributed by atoms with Gasteiger partial charge in [-0.05, 0) is 38.5 Å². The molecule has 1 saturated carbocycles. The second-order valence-electron chi connectivity index (χ2n) is 5.97. The Labute approximate surface area is 117 Å². The lowest BCUT2D eigenvalue weighted by Crippen LogP contribution is -2.44. The summed E-state index contributed by atoms with van der Waals surface area (Å²) in [4.78, 5) is 14.2. The maximum atomic E-state index is 12.3. The molecule has 0 radical (unpaired) electrons. The third-order valence-electron chi connectivity index (χ3n) is 3.78. The molecule has 2 heteroatoms. The number of hydrogen-bond acceptors (Lipinski definition) is 1. The summed E-state index contributed by atoms with van der Waals surface area (Å²) in [6.45, 7) is 8.71.